The number of amides is 2. The number of nitrogens with one attached hydrogen (secondary N) is 1. The lowest BCUT2D eigenvalue weighted by atomic mass is 9.95. The van der Waals surface area contributed by atoms with Crippen LogP contribution in [-0.2, 0) is 9.53 Å². The number of nitrogens with zero attached hydrogens (tertiary/aromatic N) is 3. The van der Waals surface area contributed by atoms with Crippen LogP contribution in [0.5, 0.6) is 0 Å². The maximum Gasteiger partial charge on any atom is 0.252 e. The second kappa shape index (κ2) is 9.01. The first-order chi connectivity index (χ1) is 13.7. The van der Waals surface area contributed by atoms with E-state index in [0.29, 0.717) is 24.6 Å². The van der Waals surface area contributed by atoms with Crippen LogP contribution >= 0.6 is 0 Å². The molecule has 3 aliphatic rings. The molecule has 1 aromatic rings. The number of carbonyl (C=O) groups is 2. The zero-order valence-corrected chi connectivity index (χ0v) is 16.4. The number of piperidine rings is 1. The summed E-state index contributed by atoms with van der Waals surface area (Å²) in [6, 6.07) is 3.47. The second-order valence-corrected chi connectivity index (χ2v) is 8.37. The minimum atomic E-state index is -0.164. The van der Waals surface area contributed by atoms with Crippen LogP contribution in [0.25, 0.3) is 0 Å². The van der Waals surface area contributed by atoms with Crippen molar-refractivity contribution in [2.45, 2.75) is 31.8 Å². The van der Waals surface area contributed by atoms with Crippen molar-refractivity contribution in [3.63, 3.8) is 0 Å². The average molecular weight is 386 g/mol. The first-order valence-electron chi connectivity index (χ1n) is 10.5. The highest BCUT2D eigenvalue weighted by molar-refractivity contribution is 5.93. The first kappa shape index (κ1) is 19.3. The van der Waals surface area contributed by atoms with E-state index < -0.39 is 0 Å². The molecule has 2 amide bonds. The second-order valence-electron chi connectivity index (χ2n) is 8.37. The number of aromatic nitrogens is 1. The summed E-state index contributed by atoms with van der Waals surface area (Å²) in [5.41, 5.74) is 0.532. The molecule has 0 aromatic carbocycles. The molecule has 28 heavy (non-hydrogen) atoms. The molecule has 4 rings (SSSR count). The van der Waals surface area contributed by atoms with Crippen molar-refractivity contribution in [3.05, 3.63) is 30.1 Å². The van der Waals surface area contributed by atoms with Crippen LogP contribution in [0.2, 0.25) is 0 Å². The lowest BCUT2D eigenvalue weighted by Crippen LogP contribution is -2.52. The van der Waals surface area contributed by atoms with Crippen LogP contribution in [0, 0.1) is 11.8 Å². The Morgan fingerprint density at radius 2 is 1.96 bits per heavy atom. The summed E-state index contributed by atoms with van der Waals surface area (Å²) in [6.07, 6.45) is 8.17. The lowest BCUT2D eigenvalue weighted by Gasteiger charge is -2.38. The first-order valence-corrected chi connectivity index (χ1v) is 10.5. The summed E-state index contributed by atoms with van der Waals surface area (Å²) in [5.74, 6) is 1.42. The number of carbonyl (C=O) groups excluding carboxylic acids is 2. The summed E-state index contributed by atoms with van der Waals surface area (Å²) < 4.78 is 5.63. The predicted molar refractivity (Wildman–Crippen MR) is 105 cm³/mol. The van der Waals surface area contributed by atoms with Gasteiger partial charge in [-0.2, -0.15) is 0 Å². The normalized spacial score (nSPS) is 24.4. The van der Waals surface area contributed by atoms with Crippen LogP contribution in [0.4, 0.5) is 0 Å². The van der Waals surface area contributed by atoms with Gasteiger partial charge in [0.1, 0.15) is 6.61 Å². The number of rotatable bonds is 7. The van der Waals surface area contributed by atoms with Gasteiger partial charge in [0, 0.05) is 38.6 Å². The summed E-state index contributed by atoms with van der Waals surface area (Å²) in [7, 11) is 0. The fourth-order valence-electron chi connectivity index (χ4n) is 4.12. The molecule has 0 bridgehead atoms. The highest BCUT2D eigenvalue weighted by atomic mass is 16.5. The van der Waals surface area contributed by atoms with Gasteiger partial charge in [-0.15, -0.1) is 0 Å². The molecule has 152 valence electrons. The third-order valence-electron chi connectivity index (χ3n) is 6.03. The quantitative estimate of drug-likeness (QED) is 0.761. The Balaban J connectivity index is 1.21. The van der Waals surface area contributed by atoms with Gasteiger partial charge in [-0.25, -0.2) is 0 Å². The van der Waals surface area contributed by atoms with Crippen molar-refractivity contribution >= 4 is 11.8 Å². The van der Waals surface area contributed by atoms with E-state index >= 15 is 0 Å². The third kappa shape index (κ3) is 5.29. The van der Waals surface area contributed by atoms with E-state index in [9.17, 15) is 9.59 Å². The molecular formula is C21H30N4O3. The number of likely N-dealkylation sites (tertiary alicyclic amines) is 1. The van der Waals surface area contributed by atoms with E-state index in [4.69, 9.17) is 4.74 Å². The van der Waals surface area contributed by atoms with Gasteiger partial charge in [0.05, 0.1) is 11.7 Å². The molecule has 1 saturated carbocycles. The van der Waals surface area contributed by atoms with E-state index in [-0.39, 0.29) is 24.5 Å². The fourth-order valence-corrected chi connectivity index (χ4v) is 4.12. The predicted octanol–water partition coefficient (Wildman–Crippen LogP) is 1.16. The number of hydrogen-bond donors (Lipinski definition) is 1. The fraction of sp³-hybridized carbons (Fsp3) is 0.667. The van der Waals surface area contributed by atoms with Gasteiger partial charge >= 0.3 is 0 Å². The zero-order valence-electron chi connectivity index (χ0n) is 16.4. The molecular weight excluding hydrogens is 356 g/mol. The Kier molecular flexibility index (Phi) is 6.22. The summed E-state index contributed by atoms with van der Waals surface area (Å²) in [6.45, 7) is 5.45. The van der Waals surface area contributed by atoms with Gasteiger partial charge in [-0.05, 0) is 62.7 Å². The number of ether oxygens (including phenoxy) is 1. The largest absolute Gasteiger partial charge is 0.365 e. The molecule has 1 unspecified atom stereocenters. The Bertz CT molecular complexity index is 671. The van der Waals surface area contributed by atoms with Gasteiger partial charge in [0.15, 0.2) is 0 Å². The molecule has 1 aliphatic carbocycles. The van der Waals surface area contributed by atoms with Crippen molar-refractivity contribution < 1.29 is 14.3 Å². The maximum absolute atomic E-state index is 12.3. The van der Waals surface area contributed by atoms with Crippen LogP contribution in [0.15, 0.2) is 24.5 Å². The minimum absolute atomic E-state index is 0.0650. The summed E-state index contributed by atoms with van der Waals surface area (Å²) in [4.78, 5) is 32.9. The Morgan fingerprint density at radius 1 is 1.18 bits per heavy atom. The van der Waals surface area contributed by atoms with Crippen molar-refractivity contribution in [1.29, 1.82) is 0 Å². The maximum atomic E-state index is 12.3. The molecule has 0 radical (unpaired) electrons. The number of pyridine rings is 1. The van der Waals surface area contributed by atoms with Gasteiger partial charge in [-0.1, -0.05) is 0 Å². The molecule has 1 aromatic heterocycles. The third-order valence-corrected chi connectivity index (χ3v) is 6.03. The molecule has 0 spiro atoms. The van der Waals surface area contributed by atoms with E-state index in [0.717, 1.165) is 25.6 Å². The van der Waals surface area contributed by atoms with Crippen LogP contribution < -0.4 is 5.32 Å². The molecule has 3 fully saturated rings. The molecule has 7 heteroatoms. The summed E-state index contributed by atoms with van der Waals surface area (Å²) in [5, 5.41) is 2.89. The smallest absolute Gasteiger partial charge is 0.252 e. The van der Waals surface area contributed by atoms with Crippen LogP contribution in [0.1, 0.15) is 36.0 Å². The highest BCUT2D eigenvalue weighted by Gasteiger charge is 2.31. The van der Waals surface area contributed by atoms with Gasteiger partial charge in [0.25, 0.3) is 5.91 Å². The number of hydrogen-bond acceptors (Lipinski definition) is 5. The molecule has 1 atom stereocenters. The SMILES string of the molecule is O=C(NCC1CN(CC2CCN(CC3CC3)CC2)C(=O)CO1)c1cccnc1. The van der Waals surface area contributed by atoms with Crippen LogP contribution in [0.3, 0.4) is 0 Å². The van der Waals surface area contributed by atoms with Gasteiger partial charge < -0.3 is 19.9 Å². The molecule has 2 aliphatic heterocycles. The van der Waals surface area contributed by atoms with E-state index in [2.05, 4.69) is 15.2 Å². The van der Waals surface area contributed by atoms with Gasteiger partial charge in [0.2, 0.25) is 5.91 Å². The zero-order chi connectivity index (χ0) is 19.3. The van der Waals surface area contributed by atoms with Crippen molar-refractivity contribution in [3.8, 4) is 0 Å². The lowest BCUT2D eigenvalue weighted by molar-refractivity contribution is -0.149. The number of morpholine rings is 1. The Labute approximate surface area is 166 Å². The topological polar surface area (TPSA) is 74.8 Å². The summed E-state index contributed by atoms with van der Waals surface area (Å²) >= 11 is 0. The molecule has 3 heterocycles. The average Bonchev–Trinajstić information content (AvgIpc) is 3.54. The van der Waals surface area contributed by atoms with E-state index in [1.807, 2.05) is 4.90 Å². The van der Waals surface area contributed by atoms with Crippen molar-refractivity contribution in [2.75, 3.05) is 45.9 Å². The van der Waals surface area contributed by atoms with Crippen molar-refractivity contribution in [2.24, 2.45) is 11.8 Å². The van der Waals surface area contributed by atoms with E-state index in [1.54, 1.807) is 24.5 Å². The molecule has 2 saturated heterocycles. The highest BCUT2D eigenvalue weighted by Crippen LogP contribution is 2.31. The minimum Gasteiger partial charge on any atom is -0.365 e. The molecule has 7 nitrogen and oxygen atoms in total. The van der Waals surface area contributed by atoms with Crippen LogP contribution in [-0.4, -0.2) is 78.6 Å². The van der Waals surface area contributed by atoms with Crippen molar-refractivity contribution in [1.82, 2.24) is 20.1 Å². The monoisotopic (exact) mass is 386 g/mol. The molecule has 1 N–H and O–H groups in total. The standard InChI is InChI=1S/C21H30N4O3/c26-20-15-28-19(11-23-21(27)18-2-1-7-22-10-18)14-25(20)13-17-5-8-24(9-6-17)12-16-3-4-16/h1-2,7,10,16-17,19H,3-6,8-9,11-15H2,(H,23,27). The van der Waals surface area contributed by atoms with E-state index in [1.165, 1.54) is 32.2 Å². The Hall–Kier alpha value is -1.99. The Morgan fingerprint density at radius 3 is 2.68 bits per heavy atom. The van der Waals surface area contributed by atoms with Gasteiger partial charge in [-0.3, -0.25) is 14.6 Å².